The van der Waals surface area contributed by atoms with Gasteiger partial charge in [-0.15, -0.1) is 0 Å². The van der Waals surface area contributed by atoms with Gasteiger partial charge in [0.05, 0.1) is 6.26 Å². The maximum absolute atomic E-state index is 11.6. The minimum absolute atomic E-state index is 0.0145. The third kappa shape index (κ3) is 6.00. The molecule has 168 valence electrons. The third-order valence-electron chi connectivity index (χ3n) is 6.07. The number of benzene rings is 1. The van der Waals surface area contributed by atoms with Crippen molar-refractivity contribution in [2.45, 2.75) is 56.5 Å². The van der Waals surface area contributed by atoms with Crippen molar-refractivity contribution >= 4 is 22.0 Å². The van der Waals surface area contributed by atoms with Crippen LogP contribution in [0.4, 0.5) is 0 Å². The van der Waals surface area contributed by atoms with E-state index in [0.29, 0.717) is 43.1 Å². The van der Waals surface area contributed by atoms with Crippen LogP contribution in [-0.4, -0.2) is 53.5 Å². The highest BCUT2D eigenvalue weighted by atomic mass is 32.2. The van der Waals surface area contributed by atoms with Crippen LogP contribution in [0.25, 0.3) is 0 Å². The molecule has 1 aromatic heterocycles. The van der Waals surface area contributed by atoms with Gasteiger partial charge in [-0.3, -0.25) is 0 Å². The Bertz CT molecular complexity index is 946. The molecule has 2 aliphatic rings. The lowest BCUT2D eigenvalue weighted by Crippen LogP contribution is -2.41. The fraction of sp³-hybridized carbons (Fsp3) is 0.522. The Balaban J connectivity index is 1.31. The largest absolute Gasteiger partial charge is 0.474 e. The molecule has 0 spiro atoms. The summed E-state index contributed by atoms with van der Waals surface area (Å²) >= 11 is 1.94. The molecule has 0 unspecified atom stereocenters. The van der Waals surface area contributed by atoms with Crippen molar-refractivity contribution in [1.29, 1.82) is 0 Å². The molecule has 0 radical (unpaired) electrons. The highest BCUT2D eigenvalue weighted by Crippen LogP contribution is 2.42. The van der Waals surface area contributed by atoms with Gasteiger partial charge < -0.3 is 4.74 Å². The Morgan fingerprint density at radius 1 is 1.06 bits per heavy atom. The summed E-state index contributed by atoms with van der Waals surface area (Å²) in [6, 6.07) is 15.3. The predicted octanol–water partition coefficient (Wildman–Crippen LogP) is 4.26. The van der Waals surface area contributed by atoms with Crippen molar-refractivity contribution in [3.8, 4) is 5.88 Å². The number of aromatic nitrogens is 1. The van der Waals surface area contributed by atoms with Gasteiger partial charge in [-0.25, -0.2) is 22.0 Å². The normalized spacial score (nSPS) is 24.2. The number of nitrogens with zero attached hydrogens (tertiary/aromatic N) is 3. The van der Waals surface area contributed by atoms with Crippen molar-refractivity contribution < 1.29 is 13.2 Å². The molecule has 0 N–H and O–H groups in total. The van der Waals surface area contributed by atoms with Crippen LogP contribution in [0, 0.1) is 0 Å². The van der Waals surface area contributed by atoms with Gasteiger partial charge in [-0.05, 0) is 43.7 Å². The minimum atomic E-state index is -3.11. The van der Waals surface area contributed by atoms with E-state index >= 15 is 0 Å². The lowest BCUT2D eigenvalue weighted by Gasteiger charge is -2.37. The number of ether oxygens (including phenoxy) is 1. The van der Waals surface area contributed by atoms with E-state index in [9.17, 15) is 8.42 Å². The molecule has 2 aromatic rings. The molecule has 0 amide bonds. The summed E-state index contributed by atoms with van der Waals surface area (Å²) in [4.78, 5) is 4.52. The molecule has 0 bridgehead atoms. The summed E-state index contributed by atoms with van der Waals surface area (Å²) in [5.41, 5.74) is 2.57. The highest BCUT2D eigenvalue weighted by Gasteiger charge is 2.28. The monoisotopic (exact) mass is 461 g/mol. The molecule has 8 heteroatoms. The summed E-state index contributed by atoms with van der Waals surface area (Å²) in [5, 5.41) is 0.505. The first-order chi connectivity index (χ1) is 14.9. The van der Waals surface area contributed by atoms with Crippen molar-refractivity contribution in [3.05, 3.63) is 59.8 Å². The molecule has 2 atom stereocenters. The smallest absolute Gasteiger partial charge is 0.213 e. The average Bonchev–Trinajstić information content (AvgIpc) is 2.77. The van der Waals surface area contributed by atoms with E-state index in [0.717, 1.165) is 6.54 Å². The zero-order chi connectivity index (χ0) is 21.8. The van der Waals surface area contributed by atoms with Gasteiger partial charge in [0.15, 0.2) is 0 Å². The topological polar surface area (TPSA) is 62.7 Å². The van der Waals surface area contributed by atoms with E-state index in [1.54, 1.807) is 0 Å². The number of rotatable bonds is 6. The Labute approximate surface area is 190 Å². The zero-order valence-electron chi connectivity index (χ0n) is 18.2. The summed E-state index contributed by atoms with van der Waals surface area (Å²) in [5.74, 6) is 0.614. The summed E-state index contributed by atoms with van der Waals surface area (Å²) < 4.78 is 33.3. The fourth-order valence-corrected chi connectivity index (χ4v) is 6.41. The fourth-order valence-electron chi connectivity index (χ4n) is 4.15. The minimum Gasteiger partial charge on any atom is -0.474 e. The number of sulfonamides is 1. The van der Waals surface area contributed by atoms with Crippen molar-refractivity contribution in [1.82, 2.24) is 13.6 Å². The summed E-state index contributed by atoms with van der Waals surface area (Å²) in [6.45, 7) is 4.17. The molecule has 2 fully saturated rings. The highest BCUT2D eigenvalue weighted by molar-refractivity contribution is 7.97. The Morgan fingerprint density at radius 2 is 1.81 bits per heavy atom. The van der Waals surface area contributed by atoms with Crippen molar-refractivity contribution in [2.75, 3.05) is 19.3 Å². The van der Waals surface area contributed by atoms with Crippen LogP contribution in [0.3, 0.4) is 0 Å². The van der Waals surface area contributed by atoms with Crippen molar-refractivity contribution in [3.63, 3.8) is 0 Å². The van der Waals surface area contributed by atoms with Gasteiger partial charge in [0.1, 0.15) is 6.10 Å². The molecule has 1 aromatic carbocycles. The van der Waals surface area contributed by atoms with Gasteiger partial charge >= 0.3 is 0 Å². The molecule has 4 rings (SSSR count). The van der Waals surface area contributed by atoms with Crippen LogP contribution >= 0.6 is 11.9 Å². The van der Waals surface area contributed by atoms with Gasteiger partial charge in [-0.1, -0.05) is 48.3 Å². The third-order valence-corrected chi connectivity index (χ3v) is 8.89. The van der Waals surface area contributed by atoms with E-state index in [2.05, 4.69) is 52.6 Å². The van der Waals surface area contributed by atoms with Crippen molar-refractivity contribution in [2.24, 2.45) is 0 Å². The Kier molecular flexibility index (Phi) is 7.21. The zero-order valence-corrected chi connectivity index (χ0v) is 19.8. The van der Waals surface area contributed by atoms with Gasteiger partial charge in [0.25, 0.3) is 0 Å². The second kappa shape index (κ2) is 9.90. The molecule has 31 heavy (non-hydrogen) atoms. The Morgan fingerprint density at radius 3 is 2.45 bits per heavy atom. The van der Waals surface area contributed by atoms with E-state index in [1.807, 2.05) is 24.2 Å². The second-order valence-electron chi connectivity index (χ2n) is 8.49. The standard InChI is InChI=1S/C23H31N3O3S2/c1-18-8-10-22(20-6-4-3-5-7-20)30-26(18)17-19-9-11-23(24-16-19)29-21-12-14-25(15-13-21)31(2,27)28/h3-7,9,11,16,18,21-22H,8,10,12-15,17H2,1-2H3/t18-,22-/m0/s1. The average molecular weight is 462 g/mol. The number of hydrogen-bond acceptors (Lipinski definition) is 6. The van der Waals surface area contributed by atoms with Gasteiger partial charge in [-0.2, -0.15) is 0 Å². The SMILES string of the molecule is C[C@H]1CC[C@@H](c2ccccc2)SN1Cc1ccc(OC2CCN(S(C)(=O)=O)CC2)nc1. The van der Waals surface area contributed by atoms with E-state index in [1.165, 1.54) is 34.5 Å². The van der Waals surface area contributed by atoms with E-state index < -0.39 is 10.0 Å². The second-order valence-corrected chi connectivity index (χ2v) is 11.7. The maximum atomic E-state index is 11.6. The molecule has 0 saturated carbocycles. The molecule has 2 aliphatic heterocycles. The first-order valence-corrected chi connectivity index (χ1v) is 13.6. The molecular formula is C23H31N3O3S2. The Hall–Kier alpha value is -1.61. The molecule has 6 nitrogen and oxygen atoms in total. The summed E-state index contributed by atoms with van der Waals surface area (Å²) in [7, 11) is -3.11. The number of hydrogen-bond donors (Lipinski definition) is 0. The van der Waals surface area contributed by atoms with Crippen LogP contribution in [0.15, 0.2) is 48.7 Å². The molecule has 2 saturated heterocycles. The van der Waals surface area contributed by atoms with E-state index in [-0.39, 0.29) is 6.10 Å². The van der Waals surface area contributed by atoms with E-state index in [4.69, 9.17) is 4.74 Å². The van der Waals surface area contributed by atoms with Crippen LogP contribution in [0.5, 0.6) is 5.88 Å². The summed E-state index contributed by atoms with van der Waals surface area (Å²) in [6.07, 6.45) is 6.96. The first-order valence-electron chi connectivity index (χ1n) is 10.9. The molecule has 3 heterocycles. The molecule has 0 aliphatic carbocycles. The lowest BCUT2D eigenvalue weighted by atomic mass is 10.0. The molecular weight excluding hydrogens is 430 g/mol. The van der Waals surface area contributed by atoms with Crippen LogP contribution in [0.2, 0.25) is 0 Å². The van der Waals surface area contributed by atoms with Crippen LogP contribution in [0.1, 0.15) is 49.0 Å². The predicted molar refractivity (Wildman–Crippen MR) is 125 cm³/mol. The number of pyridine rings is 1. The lowest BCUT2D eigenvalue weighted by molar-refractivity contribution is 0.130. The quantitative estimate of drug-likeness (QED) is 0.599. The first kappa shape index (κ1) is 22.6. The van der Waals surface area contributed by atoms with Gasteiger partial charge in [0, 0.05) is 43.2 Å². The maximum Gasteiger partial charge on any atom is 0.213 e. The van der Waals surface area contributed by atoms with Crippen LogP contribution in [-0.2, 0) is 16.6 Å². The number of piperidine rings is 1. The van der Waals surface area contributed by atoms with Gasteiger partial charge in [0.2, 0.25) is 15.9 Å². The van der Waals surface area contributed by atoms with Crippen LogP contribution < -0.4 is 4.74 Å².